The first-order valence-corrected chi connectivity index (χ1v) is 8.93. The number of carbonyl (C=O) groups excluding carboxylic acids is 1. The molecule has 0 aliphatic carbocycles. The fourth-order valence-corrected chi connectivity index (χ4v) is 2.95. The molecular formula is C18H36N2O2. The lowest BCUT2D eigenvalue weighted by molar-refractivity contribution is -0.123. The summed E-state index contributed by atoms with van der Waals surface area (Å²) in [4.78, 5) is 13.4. The number of amides is 1. The number of hydrogen-bond donors (Lipinski definition) is 1. The Hall–Kier alpha value is -0.610. The number of carbonyl (C=O) groups is 1. The van der Waals surface area contributed by atoms with Crippen LogP contribution in [-0.4, -0.2) is 49.2 Å². The van der Waals surface area contributed by atoms with Crippen molar-refractivity contribution in [2.75, 3.05) is 26.2 Å². The van der Waals surface area contributed by atoms with Crippen LogP contribution in [0.4, 0.5) is 0 Å². The monoisotopic (exact) mass is 312 g/mol. The summed E-state index contributed by atoms with van der Waals surface area (Å²) in [6.45, 7) is 17.3. The third-order valence-corrected chi connectivity index (χ3v) is 4.83. The van der Waals surface area contributed by atoms with Crippen LogP contribution in [0.5, 0.6) is 0 Å². The molecular weight excluding hydrogens is 276 g/mol. The van der Waals surface area contributed by atoms with E-state index in [1.54, 1.807) is 0 Å². The number of morpholine rings is 1. The molecule has 0 bridgehead atoms. The molecule has 2 fully saturated rings. The van der Waals surface area contributed by atoms with Crippen molar-refractivity contribution in [3.8, 4) is 0 Å². The maximum atomic E-state index is 10.9. The van der Waals surface area contributed by atoms with Gasteiger partial charge in [-0.2, -0.15) is 0 Å². The molecule has 0 saturated carbocycles. The SMILES string of the molecule is CC(C)C1CCNC(=O)C1.CC(C)C1CN(C(C)C)CCO1. The van der Waals surface area contributed by atoms with Gasteiger partial charge in [-0.05, 0) is 38.0 Å². The van der Waals surface area contributed by atoms with Crippen LogP contribution in [0.25, 0.3) is 0 Å². The Morgan fingerprint density at radius 2 is 1.82 bits per heavy atom. The van der Waals surface area contributed by atoms with Gasteiger partial charge in [-0.1, -0.05) is 27.7 Å². The van der Waals surface area contributed by atoms with Crippen molar-refractivity contribution in [2.24, 2.45) is 17.8 Å². The lowest BCUT2D eigenvalue weighted by Crippen LogP contribution is -2.47. The number of ether oxygens (including phenoxy) is 1. The first kappa shape index (κ1) is 19.4. The zero-order valence-electron chi connectivity index (χ0n) is 15.4. The highest BCUT2D eigenvalue weighted by atomic mass is 16.5. The van der Waals surface area contributed by atoms with E-state index in [4.69, 9.17) is 4.74 Å². The molecule has 1 N–H and O–H groups in total. The molecule has 130 valence electrons. The van der Waals surface area contributed by atoms with Crippen LogP contribution in [0.1, 0.15) is 54.4 Å². The fourth-order valence-electron chi connectivity index (χ4n) is 2.95. The van der Waals surface area contributed by atoms with E-state index in [2.05, 4.69) is 51.8 Å². The molecule has 4 nitrogen and oxygen atoms in total. The van der Waals surface area contributed by atoms with Gasteiger partial charge in [-0.15, -0.1) is 0 Å². The summed E-state index contributed by atoms with van der Waals surface area (Å²) < 4.78 is 5.68. The summed E-state index contributed by atoms with van der Waals surface area (Å²) in [6, 6.07) is 0.662. The van der Waals surface area contributed by atoms with E-state index in [1.807, 2.05) is 0 Å². The third kappa shape index (κ3) is 6.66. The van der Waals surface area contributed by atoms with E-state index in [0.29, 0.717) is 29.9 Å². The standard InChI is InChI=1S/C10H21NO.C8H15NO/c1-8(2)10-7-11(9(3)4)5-6-12-10;1-6(2)7-3-4-9-8(10)5-7/h8-10H,5-7H2,1-4H3;6-7H,3-5H2,1-2H3,(H,9,10). The van der Waals surface area contributed by atoms with Gasteiger partial charge in [0.25, 0.3) is 0 Å². The zero-order valence-corrected chi connectivity index (χ0v) is 15.4. The van der Waals surface area contributed by atoms with Gasteiger partial charge < -0.3 is 10.1 Å². The molecule has 2 heterocycles. The van der Waals surface area contributed by atoms with Crippen LogP contribution in [-0.2, 0) is 9.53 Å². The zero-order chi connectivity index (χ0) is 16.7. The first-order chi connectivity index (χ1) is 10.3. The van der Waals surface area contributed by atoms with Crippen molar-refractivity contribution in [2.45, 2.75) is 66.5 Å². The summed E-state index contributed by atoms with van der Waals surface area (Å²) in [5.41, 5.74) is 0. The highest BCUT2D eigenvalue weighted by Crippen LogP contribution is 2.21. The molecule has 2 rings (SSSR count). The smallest absolute Gasteiger partial charge is 0.220 e. The van der Waals surface area contributed by atoms with Gasteiger partial charge in [0.2, 0.25) is 5.91 Å². The van der Waals surface area contributed by atoms with Crippen LogP contribution in [0.2, 0.25) is 0 Å². The minimum absolute atomic E-state index is 0.227. The maximum absolute atomic E-state index is 10.9. The van der Waals surface area contributed by atoms with Crippen molar-refractivity contribution in [1.82, 2.24) is 10.2 Å². The van der Waals surface area contributed by atoms with Crippen LogP contribution in [0, 0.1) is 17.8 Å². The molecule has 0 spiro atoms. The molecule has 0 aromatic carbocycles. The summed E-state index contributed by atoms with van der Waals surface area (Å²) in [6.07, 6.45) is 2.34. The molecule has 2 unspecified atom stereocenters. The molecule has 2 saturated heterocycles. The van der Waals surface area contributed by atoms with Gasteiger partial charge in [-0.3, -0.25) is 9.69 Å². The fraction of sp³-hybridized carbons (Fsp3) is 0.944. The van der Waals surface area contributed by atoms with Crippen molar-refractivity contribution >= 4 is 5.91 Å². The van der Waals surface area contributed by atoms with Gasteiger partial charge in [0.05, 0.1) is 12.7 Å². The molecule has 1 amide bonds. The van der Waals surface area contributed by atoms with Crippen LogP contribution < -0.4 is 5.32 Å². The van der Waals surface area contributed by atoms with Gasteiger partial charge in [0, 0.05) is 32.1 Å². The molecule has 2 atom stereocenters. The second-order valence-corrected chi connectivity index (χ2v) is 7.59. The minimum Gasteiger partial charge on any atom is -0.375 e. The Morgan fingerprint density at radius 1 is 1.14 bits per heavy atom. The molecule has 2 aliphatic rings. The first-order valence-electron chi connectivity index (χ1n) is 8.93. The highest BCUT2D eigenvalue weighted by Gasteiger charge is 2.24. The molecule has 0 radical (unpaired) electrons. The van der Waals surface area contributed by atoms with E-state index in [0.717, 1.165) is 39.1 Å². The summed E-state index contributed by atoms with van der Waals surface area (Å²) in [5.74, 6) is 2.15. The number of rotatable bonds is 3. The van der Waals surface area contributed by atoms with Crippen LogP contribution in [0.3, 0.4) is 0 Å². The summed E-state index contributed by atoms with van der Waals surface area (Å²) >= 11 is 0. The Kier molecular flexibility index (Phi) is 8.40. The predicted molar refractivity (Wildman–Crippen MR) is 91.9 cm³/mol. The second-order valence-electron chi connectivity index (χ2n) is 7.59. The Bertz CT molecular complexity index is 315. The normalized spacial score (nSPS) is 26.9. The average molecular weight is 312 g/mol. The molecule has 0 aromatic heterocycles. The quantitative estimate of drug-likeness (QED) is 0.871. The van der Waals surface area contributed by atoms with Crippen LogP contribution >= 0.6 is 0 Å². The van der Waals surface area contributed by atoms with Crippen molar-refractivity contribution in [1.29, 1.82) is 0 Å². The second kappa shape index (κ2) is 9.51. The van der Waals surface area contributed by atoms with Crippen molar-refractivity contribution in [3.63, 3.8) is 0 Å². The van der Waals surface area contributed by atoms with Crippen LogP contribution in [0.15, 0.2) is 0 Å². The Morgan fingerprint density at radius 3 is 2.27 bits per heavy atom. The average Bonchev–Trinajstić information content (AvgIpc) is 2.48. The van der Waals surface area contributed by atoms with E-state index in [1.165, 1.54) is 0 Å². The molecule has 22 heavy (non-hydrogen) atoms. The minimum atomic E-state index is 0.227. The van der Waals surface area contributed by atoms with E-state index in [9.17, 15) is 4.79 Å². The largest absolute Gasteiger partial charge is 0.375 e. The van der Waals surface area contributed by atoms with Gasteiger partial charge >= 0.3 is 0 Å². The molecule has 4 heteroatoms. The number of nitrogens with one attached hydrogen (secondary N) is 1. The lowest BCUT2D eigenvalue weighted by Gasteiger charge is -2.37. The number of nitrogens with zero attached hydrogens (tertiary/aromatic N) is 1. The van der Waals surface area contributed by atoms with E-state index in [-0.39, 0.29) is 5.91 Å². The maximum Gasteiger partial charge on any atom is 0.220 e. The Balaban J connectivity index is 0.000000224. The molecule has 0 aromatic rings. The Labute approximate surface area is 137 Å². The van der Waals surface area contributed by atoms with Crippen molar-refractivity contribution < 1.29 is 9.53 Å². The molecule has 2 aliphatic heterocycles. The third-order valence-electron chi connectivity index (χ3n) is 4.83. The topological polar surface area (TPSA) is 41.6 Å². The lowest BCUT2D eigenvalue weighted by atomic mass is 9.87. The highest BCUT2D eigenvalue weighted by molar-refractivity contribution is 5.76. The summed E-state index contributed by atoms with van der Waals surface area (Å²) in [5, 5.41) is 2.83. The number of hydrogen-bond acceptors (Lipinski definition) is 3. The van der Waals surface area contributed by atoms with Gasteiger partial charge in [0.1, 0.15) is 0 Å². The predicted octanol–water partition coefficient (Wildman–Crippen LogP) is 2.92. The van der Waals surface area contributed by atoms with Gasteiger partial charge in [-0.25, -0.2) is 0 Å². The van der Waals surface area contributed by atoms with Crippen molar-refractivity contribution in [3.05, 3.63) is 0 Å². The number of piperidine rings is 1. The van der Waals surface area contributed by atoms with Gasteiger partial charge in [0.15, 0.2) is 0 Å². The van der Waals surface area contributed by atoms with E-state index < -0.39 is 0 Å². The summed E-state index contributed by atoms with van der Waals surface area (Å²) in [7, 11) is 0. The van der Waals surface area contributed by atoms with E-state index >= 15 is 0 Å².